The topological polar surface area (TPSA) is 62.6 Å². The fourth-order valence-corrected chi connectivity index (χ4v) is 6.10. The van der Waals surface area contributed by atoms with Gasteiger partial charge in [0.1, 0.15) is 6.54 Å². The highest BCUT2D eigenvalue weighted by atomic mass is 16.2. The lowest BCUT2D eigenvalue weighted by Crippen LogP contribution is -3.09. The van der Waals surface area contributed by atoms with Crippen LogP contribution >= 0.6 is 0 Å². The Bertz CT molecular complexity index is 677. The number of hydrogen-bond donors (Lipinski definition) is 3. The predicted octanol–water partition coefficient (Wildman–Crippen LogP) is 1.80. The maximum Gasteiger partial charge on any atom is 0.322 e. The summed E-state index contributed by atoms with van der Waals surface area (Å²) in [6.45, 7) is 3.13. The van der Waals surface area contributed by atoms with Gasteiger partial charge in [-0.25, -0.2) is 4.79 Å². The zero-order chi connectivity index (χ0) is 19.0. The molecule has 1 atom stereocenters. The fourth-order valence-electron chi connectivity index (χ4n) is 6.10. The van der Waals surface area contributed by atoms with Gasteiger partial charge in [-0.15, -0.1) is 0 Å². The number of rotatable bonds is 5. The number of quaternary nitrogens is 1. The maximum absolute atomic E-state index is 12.5. The van der Waals surface area contributed by atoms with E-state index >= 15 is 0 Å². The van der Waals surface area contributed by atoms with Gasteiger partial charge in [-0.2, -0.15) is 0 Å². The Morgan fingerprint density at radius 3 is 2.15 bits per heavy atom. The van der Waals surface area contributed by atoms with E-state index in [-0.39, 0.29) is 17.5 Å². The third kappa shape index (κ3) is 4.34. The first-order valence-corrected chi connectivity index (χ1v) is 10.4. The number of carbonyl (C=O) groups excluding carboxylic acids is 2. The summed E-state index contributed by atoms with van der Waals surface area (Å²) in [5.41, 5.74) is 2.37. The number of nitrogens with one attached hydrogen (secondary N) is 3. The second-order valence-electron chi connectivity index (χ2n) is 9.50. The molecule has 4 fully saturated rings. The maximum atomic E-state index is 12.5. The first kappa shape index (κ1) is 18.5. The molecule has 1 aromatic carbocycles. The fraction of sp³-hybridized carbons (Fsp3) is 0.636. The molecule has 1 aromatic rings. The summed E-state index contributed by atoms with van der Waals surface area (Å²) >= 11 is 0. The Kier molecular flexibility index (Phi) is 4.97. The number of amides is 3. The molecule has 4 aliphatic rings. The molecule has 5 heteroatoms. The van der Waals surface area contributed by atoms with Crippen LogP contribution in [0.2, 0.25) is 0 Å². The van der Waals surface area contributed by atoms with Crippen molar-refractivity contribution in [1.29, 1.82) is 0 Å². The lowest BCUT2D eigenvalue weighted by Gasteiger charge is -2.56. The van der Waals surface area contributed by atoms with Crippen molar-refractivity contribution in [1.82, 2.24) is 10.6 Å². The minimum Gasteiger partial charge on any atom is -0.332 e. The number of aryl methyl sites for hydroxylation is 1. The van der Waals surface area contributed by atoms with Crippen LogP contribution < -0.4 is 15.5 Å². The van der Waals surface area contributed by atoms with Crippen LogP contribution in [0.25, 0.3) is 0 Å². The molecule has 1 unspecified atom stereocenters. The number of likely N-dealkylation sites (N-methyl/N-ethyl adjacent to an activating group) is 1. The minimum absolute atomic E-state index is 0.0558. The quantitative estimate of drug-likeness (QED) is 0.740. The van der Waals surface area contributed by atoms with Crippen LogP contribution in [0.4, 0.5) is 4.79 Å². The number of imide groups is 1. The van der Waals surface area contributed by atoms with Crippen molar-refractivity contribution in [3.8, 4) is 0 Å². The summed E-state index contributed by atoms with van der Waals surface area (Å²) in [5, 5.41) is 5.78. The van der Waals surface area contributed by atoms with Crippen molar-refractivity contribution in [3.63, 3.8) is 0 Å². The van der Waals surface area contributed by atoms with E-state index in [0.717, 1.165) is 48.5 Å². The van der Waals surface area contributed by atoms with Gasteiger partial charge < -0.3 is 10.2 Å². The van der Waals surface area contributed by atoms with Crippen LogP contribution in [0.1, 0.15) is 49.7 Å². The highest BCUT2D eigenvalue weighted by molar-refractivity contribution is 5.95. The highest BCUT2D eigenvalue weighted by Gasteiger charge is 2.51. The molecule has 5 nitrogen and oxygen atoms in total. The van der Waals surface area contributed by atoms with Gasteiger partial charge in [0.2, 0.25) is 0 Å². The van der Waals surface area contributed by atoms with E-state index in [4.69, 9.17) is 0 Å². The summed E-state index contributed by atoms with van der Waals surface area (Å²) in [5.74, 6) is 2.12. The molecular formula is C22H32N3O2+. The van der Waals surface area contributed by atoms with Crippen molar-refractivity contribution in [3.05, 3.63) is 35.4 Å². The van der Waals surface area contributed by atoms with Gasteiger partial charge in [-0.05, 0) is 63.2 Å². The first-order chi connectivity index (χ1) is 12.9. The van der Waals surface area contributed by atoms with E-state index in [1.54, 1.807) is 0 Å². The van der Waals surface area contributed by atoms with E-state index in [0.29, 0.717) is 6.54 Å². The molecule has 0 heterocycles. The van der Waals surface area contributed by atoms with Gasteiger partial charge in [0.25, 0.3) is 5.91 Å². The minimum atomic E-state index is -0.301. The summed E-state index contributed by atoms with van der Waals surface area (Å²) in [6.07, 6.45) is 7.31. The van der Waals surface area contributed by atoms with Gasteiger partial charge in [0.05, 0.1) is 7.05 Å². The number of benzene rings is 1. The molecule has 27 heavy (non-hydrogen) atoms. The van der Waals surface area contributed by atoms with Crippen molar-refractivity contribution in [2.45, 2.75) is 57.5 Å². The lowest BCUT2D eigenvalue weighted by molar-refractivity contribution is -0.885. The Morgan fingerprint density at radius 2 is 1.59 bits per heavy atom. The molecule has 0 radical (unpaired) electrons. The monoisotopic (exact) mass is 370 g/mol. The summed E-state index contributed by atoms with van der Waals surface area (Å²) in [6, 6.07) is 8.06. The molecule has 3 N–H and O–H groups in total. The smallest absolute Gasteiger partial charge is 0.322 e. The third-order valence-electron chi connectivity index (χ3n) is 6.76. The second kappa shape index (κ2) is 7.27. The standard InChI is InChI=1S/C22H31N3O2/c1-15-3-5-16(6-4-15)13-25(2)14-20(26)23-21(27)24-22-10-17-7-18(11-22)9-19(8-17)12-22/h3-6,17-19H,7-14H2,1-2H3,(H2,23,24,26,27)/p+1. The molecule has 3 amide bonds. The first-order valence-electron chi connectivity index (χ1n) is 10.4. The van der Waals surface area contributed by atoms with Crippen LogP contribution in [0.15, 0.2) is 24.3 Å². The molecule has 4 aliphatic carbocycles. The molecule has 0 spiro atoms. The molecule has 5 rings (SSSR count). The van der Waals surface area contributed by atoms with E-state index in [2.05, 4.69) is 41.8 Å². The van der Waals surface area contributed by atoms with Crippen LogP contribution in [-0.4, -0.2) is 31.1 Å². The Morgan fingerprint density at radius 1 is 1.04 bits per heavy atom. The summed E-state index contributed by atoms with van der Waals surface area (Å²) in [4.78, 5) is 25.8. The van der Waals surface area contributed by atoms with Crippen molar-refractivity contribution in [2.75, 3.05) is 13.6 Å². The van der Waals surface area contributed by atoms with E-state index in [1.807, 2.05) is 7.05 Å². The molecule has 146 valence electrons. The zero-order valence-corrected chi connectivity index (χ0v) is 16.5. The van der Waals surface area contributed by atoms with Crippen molar-refractivity contribution >= 4 is 11.9 Å². The molecule has 0 aromatic heterocycles. The molecule has 0 saturated heterocycles. The van der Waals surface area contributed by atoms with E-state index < -0.39 is 0 Å². The number of hydrogen-bond acceptors (Lipinski definition) is 2. The van der Waals surface area contributed by atoms with Gasteiger partial charge in [0.15, 0.2) is 6.54 Å². The largest absolute Gasteiger partial charge is 0.332 e. The predicted molar refractivity (Wildman–Crippen MR) is 104 cm³/mol. The van der Waals surface area contributed by atoms with Gasteiger partial charge in [-0.3, -0.25) is 10.1 Å². The second-order valence-corrected chi connectivity index (χ2v) is 9.50. The van der Waals surface area contributed by atoms with Crippen molar-refractivity contribution < 1.29 is 14.5 Å². The van der Waals surface area contributed by atoms with E-state index in [1.165, 1.54) is 30.4 Å². The molecule has 4 saturated carbocycles. The van der Waals surface area contributed by atoms with Gasteiger partial charge in [-0.1, -0.05) is 29.8 Å². The number of carbonyl (C=O) groups is 2. The van der Waals surface area contributed by atoms with Crippen LogP contribution in [0.5, 0.6) is 0 Å². The van der Waals surface area contributed by atoms with Crippen LogP contribution in [0, 0.1) is 24.7 Å². The third-order valence-corrected chi connectivity index (χ3v) is 6.76. The highest BCUT2D eigenvalue weighted by Crippen LogP contribution is 2.55. The average molecular weight is 371 g/mol. The SMILES string of the molecule is Cc1ccc(C[NH+](C)CC(=O)NC(=O)NC23CC4CC(CC(C4)C2)C3)cc1. The van der Waals surface area contributed by atoms with Crippen molar-refractivity contribution in [2.24, 2.45) is 17.8 Å². The number of urea groups is 1. The van der Waals surface area contributed by atoms with Gasteiger partial charge >= 0.3 is 6.03 Å². The zero-order valence-electron chi connectivity index (χ0n) is 16.5. The molecular weight excluding hydrogens is 338 g/mol. The molecule has 4 bridgehead atoms. The Labute approximate surface area is 161 Å². The van der Waals surface area contributed by atoms with Crippen LogP contribution in [0.3, 0.4) is 0 Å². The average Bonchev–Trinajstić information content (AvgIpc) is 2.54. The summed E-state index contributed by atoms with van der Waals surface area (Å²) in [7, 11) is 1.98. The summed E-state index contributed by atoms with van der Waals surface area (Å²) < 4.78 is 0. The van der Waals surface area contributed by atoms with Gasteiger partial charge in [0, 0.05) is 11.1 Å². The lowest BCUT2D eigenvalue weighted by atomic mass is 9.53. The normalized spacial score (nSPS) is 32.1. The van der Waals surface area contributed by atoms with Crippen LogP contribution in [-0.2, 0) is 11.3 Å². The Balaban J connectivity index is 1.25. The molecule has 0 aliphatic heterocycles. The van der Waals surface area contributed by atoms with E-state index in [9.17, 15) is 9.59 Å². The Hall–Kier alpha value is -1.88.